The first-order valence-corrected chi connectivity index (χ1v) is 11.7. The van der Waals surface area contributed by atoms with Crippen LogP contribution in [0.25, 0.3) is 0 Å². The van der Waals surface area contributed by atoms with Gasteiger partial charge in [-0.25, -0.2) is 0 Å². The second-order valence-electron chi connectivity index (χ2n) is 9.11. The van der Waals surface area contributed by atoms with Gasteiger partial charge in [0, 0.05) is 24.3 Å². The molecular weight excluding hydrogens is 408 g/mol. The lowest BCUT2D eigenvalue weighted by Gasteiger charge is -2.33. The maximum absolute atomic E-state index is 13.9. The Labute approximate surface area is 188 Å². The van der Waals surface area contributed by atoms with E-state index >= 15 is 0 Å². The van der Waals surface area contributed by atoms with Gasteiger partial charge in [0.2, 0.25) is 5.91 Å². The summed E-state index contributed by atoms with van der Waals surface area (Å²) in [4.78, 5) is 29.3. The second-order valence-corrected chi connectivity index (χ2v) is 10.4. The molecule has 2 amide bonds. The molecule has 1 saturated heterocycles. The Kier molecular flexibility index (Phi) is 5.54. The van der Waals surface area contributed by atoms with Gasteiger partial charge in [0.25, 0.3) is 5.91 Å². The van der Waals surface area contributed by atoms with E-state index in [9.17, 15) is 9.59 Å². The zero-order chi connectivity index (χ0) is 22.4. The molecular formula is C25H30N2O3S. The molecule has 1 atom stereocenters. The van der Waals surface area contributed by atoms with Crippen LogP contribution < -0.4 is 9.64 Å². The van der Waals surface area contributed by atoms with E-state index in [2.05, 4.69) is 45.0 Å². The van der Waals surface area contributed by atoms with Crippen LogP contribution in [0.3, 0.4) is 0 Å². The Bertz CT molecular complexity index is 1010. The highest BCUT2D eigenvalue weighted by molar-refractivity contribution is 8.01. The number of carbonyl (C=O) groups is 2. The quantitative estimate of drug-likeness (QED) is 0.696. The molecule has 0 radical (unpaired) electrons. The molecule has 2 heterocycles. The molecule has 1 spiro atoms. The average Bonchev–Trinajstić information content (AvgIpc) is 3.30. The summed E-state index contributed by atoms with van der Waals surface area (Å²) in [6.07, 6.45) is 0.378. The third-order valence-corrected chi connectivity index (χ3v) is 7.58. The van der Waals surface area contributed by atoms with Crippen molar-refractivity contribution in [3.63, 3.8) is 0 Å². The Balaban J connectivity index is 1.76. The molecule has 0 saturated carbocycles. The Morgan fingerprint density at radius 2 is 1.87 bits per heavy atom. The highest BCUT2D eigenvalue weighted by atomic mass is 32.2. The average molecular weight is 439 g/mol. The second kappa shape index (κ2) is 7.90. The zero-order valence-corrected chi connectivity index (χ0v) is 19.7. The van der Waals surface area contributed by atoms with Gasteiger partial charge in [0.05, 0.1) is 19.3 Å². The lowest BCUT2D eigenvalue weighted by molar-refractivity contribution is -0.139. The van der Waals surface area contributed by atoms with Crippen molar-refractivity contribution in [1.82, 2.24) is 4.90 Å². The fraction of sp³-hybridized carbons (Fsp3) is 0.440. The lowest BCUT2D eigenvalue weighted by atomic mass is 9.87. The van der Waals surface area contributed by atoms with E-state index < -0.39 is 4.87 Å². The van der Waals surface area contributed by atoms with E-state index in [0.29, 0.717) is 25.3 Å². The molecule has 31 heavy (non-hydrogen) atoms. The summed E-state index contributed by atoms with van der Waals surface area (Å²) in [5, 5.41) is 0. The van der Waals surface area contributed by atoms with Gasteiger partial charge >= 0.3 is 0 Å². The van der Waals surface area contributed by atoms with Crippen molar-refractivity contribution in [2.24, 2.45) is 0 Å². The van der Waals surface area contributed by atoms with Gasteiger partial charge in [-0.2, -0.15) is 0 Å². The van der Waals surface area contributed by atoms with Crippen LogP contribution in [0.2, 0.25) is 0 Å². The number of carbonyl (C=O) groups excluding carboxylic acids is 2. The van der Waals surface area contributed by atoms with Crippen LogP contribution in [0, 0.1) is 0 Å². The van der Waals surface area contributed by atoms with Crippen LogP contribution in [0.5, 0.6) is 5.75 Å². The summed E-state index contributed by atoms with van der Waals surface area (Å²) in [6, 6.07) is 14.2. The number of methoxy groups -OCH3 is 1. The Morgan fingerprint density at radius 1 is 1.16 bits per heavy atom. The monoisotopic (exact) mass is 438 g/mol. The van der Waals surface area contributed by atoms with Crippen molar-refractivity contribution in [2.45, 2.75) is 50.9 Å². The van der Waals surface area contributed by atoms with Crippen LogP contribution in [0.15, 0.2) is 42.5 Å². The number of nitrogens with zero attached hydrogens (tertiary/aromatic N) is 2. The minimum atomic E-state index is -0.998. The number of hydrogen-bond donors (Lipinski definition) is 0. The molecule has 2 aromatic rings. The Hall–Kier alpha value is -2.47. The summed E-state index contributed by atoms with van der Waals surface area (Å²) < 4.78 is 5.46. The first kappa shape index (κ1) is 21.8. The van der Waals surface area contributed by atoms with Gasteiger partial charge in [0.1, 0.15) is 5.75 Å². The van der Waals surface area contributed by atoms with Crippen LogP contribution in [-0.4, -0.2) is 36.1 Å². The largest absolute Gasteiger partial charge is 0.497 e. The summed E-state index contributed by atoms with van der Waals surface area (Å²) in [5.41, 5.74) is 4.12. The molecule has 2 aromatic carbocycles. The highest BCUT2D eigenvalue weighted by Gasteiger charge is 2.59. The van der Waals surface area contributed by atoms with Gasteiger partial charge in [-0.15, -0.1) is 11.8 Å². The normalized spacial score (nSPS) is 20.5. The van der Waals surface area contributed by atoms with Crippen molar-refractivity contribution in [2.75, 3.05) is 24.3 Å². The number of anilines is 1. The van der Waals surface area contributed by atoms with E-state index in [1.54, 1.807) is 23.8 Å². The third-order valence-electron chi connectivity index (χ3n) is 6.16. The highest BCUT2D eigenvalue weighted by Crippen LogP contribution is 2.55. The number of benzene rings is 2. The number of rotatable bonds is 4. The smallest absolute Gasteiger partial charge is 0.268 e. The molecule has 6 heteroatoms. The van der Waals surface area contributed by atoms with Crippen LogP contribution >= 0.6 is 11.8 Å². The van der Waals surface area contributed by atoms with Gasteiger partial charge in [-0.05, 0) is 34.7 Å². The predicted octanol–water partition coefficient (Wildman–Crippen LogP) is 4.68. The van der Waals surface area contributed by atoms with Crippen molar-refractivity contribution in [3.8, 4) is 5.75 Å². The fourth-order valence-electron chi connectivity index (χ4n) is 4.42. The molecule has 2 aliphatic heterocycles. The molecule has 2 aliphatic rings. The molecule has 5 nitrogen and oxygen atoms in total. The number of hydrogen-bond acceptors (Lipinski definition) is 4. The molecule has 4 rings (SSSR count). The zero-order valence-electron chi connectivity index (χ0n) is 18.9. The van der Waals surface area contributed by atoms with E-state index in [-0.39, 0.29) is 17.2 Å². The first-order valence-electron chi connectivity index (χ1n) is 10.8. The maximum atomic E-state index is 13.9. The minimum absolute atomic E-state index is 0.00324. The first-order chi connectivity index (χ1) is 14.7. The van der Waals surface area contributed by atoms with Gasteiger partial charge in [0.15, 0.2) is 4.87 Å². The number of amides is 2. The summed E-state index contributed by atoms with van der Waals surface area (Å²) in [5.74, 6) is 1.39. The topological polar surface area (TPSA) is 49.9 Å². The predicted molar refractivity (Wildman–Crippen MR) is 125 cm³/mol. The van der Waals surface area contributed by atoms with Crippen molar-refractivity contribution < 1.29 is 14.3 Å². The standard InChI is InChI=1S/C25H30N2O3S/c1-6-22(28)27-13-14-31-25(27)20-15-19(30-5)11-12-21(20)26(23(25)29)16-17-7-9-18(10-8-17)24(2,3)4/h7-12,15H,6,13-14,16H2,1-5H3/t25-/m0/s1. The van der Waals surface area contributed by atoms with Gasteiger partial charge in [-0.1, -0.05) is 52.0 Å². The fourth-order valence-corrected chi connectivity index (χ4v) is 5.89. The Morgan fingerprint density at radius 3 is 2.48 bits per heavy atom. The van der Waals surface area contributed by atoms with E-state index in [4.69, 9.17) is 4.74 Å². The van der Waals surface area contributed by atoms with Crippen LogP contribution in [0.1, 0.15) is 50.8 Å². The van der Waals surface area contributed by atoms with E-state index in [0.717, 1.165) is 22.6 Å². The molecule has 0 aliphatic carbocycles. The minimum Gasteiger partial charge on any atom is -0.497 e. The lowest BCUT2D eigenvalue weighted by Crippen LogP contribution is -2.50. The van der Waals surface area contributed by atoms with Gasteiger partial charge in [-0.3, -0.25) is 9.59 Å². The SMILES string of the molecule is CCC(=O)N1CCS[C@@]12C(=O)N(Cc1ccc(C(C)(C)C)cc1)c1ccc(OC)cc12. The molecule has 0 aromatic heterocycles. The van der Waals surface area contributed by atoms with E-state index in [1.807, 2.05) is 30.0 Å². The van der Waals surface area contributed by atoms with Gasteiger partial charge < -0.3 is 14.5 Å². The molecule has 0 bridgehead atoms. The molecule has 164 valence electrons. The van der Waals surface area contributed by atoms with Crippen LogP contribution in [0.4, 0.5) is 5.69 Å². The van der Waals surface area contributed by atoms with Crippen molar-refractivity contribution in [3.05, 3.63) is 59.2 Å². The summed E-state index contributed by atoms with van der Waals surface area (Å²) in [7, 11) is 1.62. The molecule has 0 N–H and O–H groups in total. The molecule has 1 fully saturated rings. The van der Waals surface area contributed by atoms with E-state index in [1.165, 1.54) is 5.56 Å². The number of ether oxygens (including phenoxy) is 1. The molecule has 0 unspecified atom stereocenters. The van der Waals surface area contributed by atoms with Crippen molar-refractivity contribution >= 4 is 29.3 Å². The van der Waals surface area contributed by atoms with Crippen molar-refractivity contribution in [1.29, 1.82) is 0 Å². The van der Waals surface area contributed by atoms with Crippen LogP contribution in [-0.2, 0) is 26.4 Å². The number of fused-ring (bicyclic) bond motifs is 2. The summed E-state index contributed by atoms with van der Waals surface area (Å²) >= 11 is 1.55. The third kappa shape index (κ3) is 3.51. The summed E-state index contributed by atoms with van der Waals surface area (Å²) in [6.45, 7) is 9.47. The maximum Gasteiger partial charge on any atom is 0.268 e. The number of thioether (sulfide) groups is 1.